The third-order valence-corrected chi connectivity index (χ3v) is 1.64. The summed E-state index contributed by atoms with van der Waals surface area (Å²) in [6.45, 7) is 5.73. The van der Waals surface area contributed by atoms with Gasteiger partial charge in [0.2, 0.25) is 5.99 Å². The molecule has 0 aliphatic carbocycles. The molecule has 0 aliphatic rings. The van der Waals surface area contributed by atoms with Gasteiger partial charge in [-0.25, -0.2) is 11.6 Å². The fourth-order valence-corrected chi connectivity index (χ4v) is 0.289. The van der Waals surface area contributed by atoms with Crippen molar-refractivity contribution >= 4 is 17.6 Å². The Hall–Kier alpha value is 0.155. The molecule has 0 saturated carbocycles. The molecule has 0 saturated heterocycles. The zero-order chi connectivity index (χ0) is 4.99. The second kappa shape index (κ2) is 3.35. The molecule has 0 fully saturated rings. The topological polar surface area (TPSA) is 0 Å². The maximum Gasteiger partial charge on any atom is 0.230 e. The van der Waals surface area contributed by atoms with E-state index in [0.29, 0.717) is 5.99 Å². The zero-order valence-electron chi connectivity index (χ0n) is 4.27. The molecule has 0 amide bonds. The maximum absolute atomic E-state index is 3.61. The van der Waals surface area contributed by atoms with Crippen LogP contribution in [0.15, 0.2) is 12.6 Å². The third-order valence-electron chi connectivity index (χ3n) is 0.704. The lowest BCUT2D eigenvalue weighted by molar-refractivity contribution is 2.22. The van der Waals surface area contributed by atoms with E-state index in [1.165, 1.54) is 0 Å². The van der Waals surface area contributed by atoms with Crippen LogP contribution in [-0.2, 0) is 0 Å². The SMILES string of the molecule is C=CB(C)SC. The second-order valence-corrected chi connectivity index (χ2v) is 2.39. The molecule has 0 atom stereocenters. The van der Waals surface area contributed by atoms with Crippen LogP contribution in [0.4, 0.5) is 0 Å². The Morgan fingerprint density at radius 1 is 1.83 bits per heavy atom. The van der Waals surface area contributed by atoms with Gasteiger partial charge < -0.3 is 0 Å². The monoisotopic (exact) mass is 100 g/mol. The smallest absolute Gasteiger partial charge is 0.208 e. The van der Waals surface area contributed by atoms with Gasteiger partial charge in [-0.2, -0.15) is 0 Å². The average molecular weight is 100.0 g/mol. The van der Waals surface area contributed by atoms with Crippen molar-refractivity contribution in [2.24, 2.45) is 0 Å². The van der Waals surface area contributed by atoms with E-state index in [1.807, 2.05) is 5.98 Å². The lowest BCUT2D eigenvalue weighted by Crippen LogP contribution is -1.91. The molecule has 2 heteroatoms. The molecule has 0 rings (SSSR count). The Labute approximate surface area is 44.0 Å². The van der Waals surface area contributed by atoms with Gasteiger partial charge >= 0.3 is 0 Å². The molecule has 0 aromatic heterocycles. The summed E-state index contributed by atoms with van der Waals surface area (Å²) >= 11 is 1.81. The summed E-state index contributed by atoms with van der Waals surface area (Å²) in [6, 6.07) is 0. The number of hydrogen-bond donors (Lipinski definition) is 0. The van der Waals surface area contributed by atoms with Crippen molar-refractivity contribution in [3.8, 4) is 0 Å². The summed E-state index contributed by atoms with van der Waals surface area (Å²) in [5.74, 6) is 2.55. The fourth-order valence-electron chi connectivity index (χ4n) is 0.0962. The van der Waals surface area contributed by atoms with E-state index in [-0.39, 0.29) is 0 Å². The average Bonchev–Trinajstić information content (AvgIpc) is 1.65. The predicted molar refractivity (Wildman–Crippen MR) is 35.3 cm³/mol. The van der Waals surface area contributed by atoms with E-state index in [2.05, 4.69) is 19.7 Å². The number of hydrogen-bond acceptors (Lipinski definition) is 1. The van der Waals surface area contributed by atoms with Crippen molar-refractivity contribution in [1.82, 2.24) is 0 Å². The van der Waals surface area contributed by atoms with Crippen molar-refractivity contribution in [3.63, 3.8) is 0 Å². The summed E-state index contributed by atoms with van der Waals surface area (Å²) in [4.78, 5) is 0. The van der Waals surface area contributed by atoms with E-state index in [0.717, 1.165) is 0 Å². The van der Waals surface area contributed by atoms with Crippen LogP contribution >= 0.6 is 11.6 Å². The minimum atomic E-state index is 0.616. The third kappa shape index (κ3) is 2.40. The molecule has 0 bridgehead atoms. The van der Waals surface area contributed by atoms with Crippen molar-refractivity contribution < 1.29 is 0 Å². The molecule has 0 aliphatic heterocycles. The maximum atomic E-state index is 3.61. The first-order chi connectivity index (χ1) is 2.81. The van der Waals surface area contributed by atoms with Crippen LogP contribution < -0.4 is 0 Å². The summed E-state index contributed by atoms with van der Waals surface area (Å²) in [5.41, 5.74) is 0. The molecule has 6 heavy (non-hydrogen) atoms. The van der Waals surface area contributed by atoms with E-state index < -0.39 is 0 Å². The van der Waals surface area contributed by atoms with Crippen LogP contribution in [0.3, 0.4) is 0 Å². The Balaban J connectivity index is 2.96. The van der Waals surface area contributed by atoms with Crippen molar-refractivity contribution in [3.05, 3.63) is 12.6 Å². The molecule has 34 valence electrons. The van der Waals surface area contributed by atoms with Crippen molar-refractivity contribution in [2.75, 3.05) is 6.26 Å². The first kappa shape index (κ1) is 6.15. The first-order valence-electron chi connectivity index (χ1n) is 1.96. The largest absolute Gasteiger partial charge is 0.230 e. The van der Waals surface area contributed by atoms with E-state index in [9.17, 15) is 0 Å². The van der Waals surface area contributed by atoms with E-state index >= 15 is 0 Å². The molecule has 0 heterocycles. The van der Waals surface area contributed by atoms with Crippen LogP contribution in [-0.4, -0.2) is 12.2 Å². The standard InChI is InChI=1S/C4H9BS/c1-4-5(2)6-3/h4H,1H2,2-3H3. The van der Waals surface area contributed by atoms with Gasteiger partial charge in [-0.3, -0.25) is 0 Å². The van der Waals surface area contributed by atoms with Crippen LogP contribution in [0.5, 0.6) is 0 Å². The van der Waals surface area contributed by atoms with E-state index in [4.69, 9.17) is 0 Å². The second-order valence-electron chi connectivity index (χ2n) is 1.18. The highest BCUT2D eigenvalue weighted by Gasteiger charge is 1.92. The minimum absolute atomic E-state index is 0.616. The van der Waals surface area contributed by atoms with Gasteiger partial charge in [-0.05, 0) is 6.26 Å². The van der Waals surface area contributed by atoms with Gasteiger partial charge in [-0.15, -0.1) is 12.6 Å². The Bertz CT molecular complexity index is 44.8. The Morgan fingerprint density at radius 2 is 2.33 bits per heavy atom. The molecule has 0 spiro atoms. The molecule has 0 N–H and O–H groups in total. The minimum Gasteiger partial charge on any atom is -0.208 e. The highest BCUT2D eigenvalue weighted by molar-refractivity contribution is 8.25. The van der Waals surface area contributed by atoms with Gasteiger partial charge in [0.25, 0.3) is 0 Å². The molecule has 0 nitrogen and oxygen atoms in total. The van der Waals surface area contributed by atoms with Gasteiger partial charge in [0, 0.05) is 0 Å². The Kier molecular flexibility index (Phi) is 3.44. The molecular weight excluding hydrogens is 90.9 g/mol. The lowest BCUT2D eigenvalue weighted by atomic mass is 9.81. The summed E-state index contributed by atoms with van der Waals surface area (Å²) in [7, 11) is 0. The van der Waals surface area contributed by atoms with Crippen LogP contribution in [0.2, 0.25) is 6.82 Å². The van der Waals surface area contributed by atoms with Gasteiger partial charge in [-0.1, -0.05) is 6.82 Å². The van der Waals surface area contributed by atoms with Gasteiger partial charge in [0.1, 0.15) is 0 Å². The highest BCUT2D eigenvalue weighted by atomic mass is 32.2. The zero-order valence-corrected chi connectivity index (χ0v) is 5.09. The van der Waals surface area contributed by atoms with Crippen LogP contribution in [0.1, 0.15) is 0 Å². The first-order valence-corrected chi connectivity index (χ1v) is 3.25. The lowest BCUT2D eigenvalue weighted by Gasteiger charge is -1.88. The fraction of sp³-hybridized carbons (Fsp3) is 0.500. The van der Waals surface area contributed by atoms with Crippen LogP contribution in [0, 0.1) is 0 Å². The molecule has 0 unspecified atom stereocenters. The molecule has 0 aromatic rings. The van der Waals surface area contributed by atoms with E-state index in [1.54, 1.807) is 11.6 Å². The molecule has 0 radical (unpaired) electrons. The summed E-state index contributed by atoms with van der Waals surface area (Å²) in [5, 5.41) is 0. The Morgan fingerprint density at radius 3 is 2.33 bits per heavy atom. The van der Waals surface area contributed by atoms with Gasteiger partial charge in [0.05, 0.1) is 0 Å². The summed E-state index contributed by atoms with van der Waals surface area (Å²) < 4.78 is 0. The van der Waals surface area contributed by atoms with Crippen LogP contribution in [0.25, 0.3) is 0 Å². The normalized spacial score (nSPS) is 7.67. The molecular formula is C4H9BS. The number of rotatable bonds is 2. The van der Waals surface area contributed by atoms with Crippen molar-refractivity contribution in [1.29, 1.82) is 0 Å². The molecule has 0 aromatic carbocycles. The van der Waals surface area contributed by atoms with Crippen molar-refractivity contribution in [2.45, 2.75) is 6.82 Å². The quantitative estimate of drug-likeness (QED) is 0.476. The predicted octanol–water partition coefficient (Wildman–Crippen LogP) is 1.70. The summed E-state index contributed by atoms with van der Waals surface area (Å²) in [6.07, 6.45) is 2.08. The van der Waals surface area contributed by atoms with Gasteiger partial charge in [0.15, 0.2) is 0 Å². The highest BCUT2D eigenvalue weighted by Crippen LogP contribution is 1.98.